The second kappa shape index (κ2) is 7.87. The minimum absolute atomic E-state index is 0. The van der Waals surface area contributed by atoms with Gasteiger partial charge in [0.2, 0.25) is 0 Å². The van der Waals surface area contributed by atoms with Gasteiger partial charge in [-0.15, -0.1) is 0 Å². The zero-order valence-electron chi connectivity index (χ0n) is 13.6. The van der Waals surface area contributed by atoms with Crippen LogP contribution in [0.3, 0.4) is 0 Å². The van der Waals surface area contributed by atoms with Gasteiger partial charge in [-0.2, -0.15) is 0 Å². The molecule has 4 nitrogen and oxygen atoms in total. The van der Waals surface area contributed by atoms with Gasteiger partial charge in [0.05, 0.1) is 27.7 Å². The van der Waals surface area contributed by atoms with Crippen molar-refractivity contribution in [2.45, 2.75) is 6.42 Å². The molecule has 0 bridgehead atoms. The van der Waals surface area contributed by atoms with Gasteiger partial charge in [-0.1, -0.05) is 0 Å². The van der Waals surface area contributed by atoms with Gasteiger partial charge in [-0.3, -0.25) is 4.90 Å². The summed E-state index contributed by atoms with van der Waals surface area (Å²) in [7, 11) is 6.79. The highest BCUT2D eigenvalue weighted by Gasteiger charge is 2.17. The number of nitrogens with zero attached hydrogens (tertiary/aromatic N) is 3. The quantitative estimate of drug-likeness (QED) is 0.530. The molecule has 1 aliphatic rings. The molecule has 0 aromatic heterocycles. The predicted octanol–water partition coefficient (Wildman–Crippen LogP) is -1.51. The van der Waals surface area contributed by atoms with E-state index in [9.17, 15) is 0 Å². The van der Waals surface area contributed by atoms with Crippen LogP contribution in [0.5, 0.6) is 0 Å². The number of hydrogen-bond acceptors (Lipinski definition) is 3. The van der Waals surface area contributed by atoms with Crippen molar-refractivity contribution in [2.24, 2.45) is 0 Å². The molecule has 0 amide bonds. The van der Waals surface area contributed by atoms with Crippen molar-refractivity contribution in [3.63, 3.8) is 0 Å². The van der Waals surface area contributed by atoms with E-state index in [1.807, 2.05) is 12.1 Å². The predicted molar refractivity (Wildman–Crippen MR) is 87.0 cm³/mol. The topological polar surface area (TPSA) is 32.5 Å². The molecular weight excluding hydrogens is 284 g/mol. The number of hydrogen-bond donors (Lipinski definition) is 1. The van der Waals surface area contributed by atoms with Gasteiger partial charge in [-0.05, 0) is 24.3 Å². The number of nitrogen functional groups attached to an aromatic ring is 1. The lowest BCUT2D eigenvalue weighted by Crippen LogP contribution is -3.00. The molecule has 120 valence electrons. The fourth-order valence-corrected chi connectivity index (χ4v) is 2.68. The monoisotopic (exact) mass is 312 g/mol. The maximum Gasteiger partial charge on any atom is 0.0792 e. The smallest absolute Gasteiger partial charge is 0.0792 e. The number of quaternary nitrogens is 1. The molecule has 1 aromatic rings. The fraction of sp³-hybridized carbons (Fsp3) is 0.625. The van der Waals surface area contributed by atoms with Crippen LogP contribution in [-0.2, 0) is 0 Å². The first-order valence-electron chi connectivity index (χ1n) is 7.57. The first-order valence-corrected chi connectivity index (χ1v) is 7.57. The third kappa shape index (κ3) is 6.12. The van der Waals surface area contributed by atoms with Gasteiger partial charge in [0.1, 0.15) is 0 Å². The van der Waals surface area contributed by atoms with E-state index in [0.717, 1.165) is 23.3 Å². The maximum absolute atomic E-state index is 5.74. The first-order chi connectivity index (χ1) is 9.44. The molecule has 1 aromatic carbocycles. The van der Waals surface area contributed by atoms with Crippen molar-refractivity contribution < 1.29 is 16.9 Å². The van der Waals surface area contributed by atoms with Crippen LogP contribution in [0.2, 0.25) is 0 Å². The van der Waals surface area contributed by atoms with E-state index in [4.69, 9.17) is 5.73 Å². The highest BCUT2D eigenvalue weighted by molar-refractivity contribution is 5.53. The molecule has 0 saturated carbocycles. The lowest BCUT2D eigenvalue weighted by molar-refractivity contribution is -0.870. The molecule has 1 saturated heterocycles. The third-order valence-electron chi connectivity index (χ3n) is 3.93. The first kappa shape index (κ1) is 18.1. The summed E-state index contributed by atoms with van der Waals surface area (Å²) in [5.41, 5.74) is 7.88. The molecule has 0 atom stereocenters. The second-order valence-corrected chi connectivity index (χ2v) is 6.79. The molecule has 1 fully saturated rings. The van der Waals surface area contributed by atoms with E-state index in [1.54, 1.807) is 0 Å². The zero-order chi connectivity index (χ0) is 14.6. The summed E-state index contributed by atoms with van der Waals surface area (Å²) in [6, 6.07) is 8.23. The average Bonchev–Trinajstić information content (AvgIpc) is 2.39. The number of anilines is 2. The molecule has 2 N–H and O–H groups in total. The summed E-state index contributed by atoms with van der Waals surface area (Å²) in [5, 5.41) is 0. The summed E-state index contributed by atoms with van der Waals surface area (Å²) in [5.74, 6) is 0. The van der Waals surface area contributed by atoms with Crippen LogP contribution in [0.1, 0.15) is 6.42 Å². The SMILES string of the molecule is C[N+](C)(C)CCCN1CCN(c2ccc(N)cc2)CC1.[Cl-]. The Kier molecular flexibility index (Phi) is 6.78. The lowest BCUT2D eigenvalue weighted by Gasteiger charge is -2.36. The Bertz CT molecular complexity index is 405. The standard InChI is InChI=1S/C16H29N4.ClH/c1-20(2,3)14-4-9-18-10-12-19(13-11-18)16-7-5-15(17)6-8-16;/h5-8H,4,9-14,17H2,1-3H3;1H/q+1;/p-1. The summed E-state index contributed by atoms with van der Waals surface area (Å²) >= 11 is 0. The Hall–Kier alpha value is -0.970. The molecule has 0 aliphatic carbocycles. The van der Waals surface area contributed by atoms with Crippen LogP contribution in [0.25, 0.3) is 0 Å². The van der Waals surface area contributed by atoms with Crippen molar-refractivity contribution in [1.82, 2.24) is 4.90 Å². The van der Waals surface area contributed by atoms with Gasteiger partial charge >= 0.3 is 0 Å². The lowest BCUT2D eigenvalue weighted by atomic mass is 10.2. The van der Waals surface area contributed by atoms with Crippen molar-refractivity contribution in [3.05, 3.63) is 24.3 Å². The third-order valence-corrected chi connectivity index (χ3v) is 3.93. The molecule has 1 heterocycles. The van der Waals surface area contributed by atoms with Crippen molar-refractivity contribution in [3.8, 4) is 0 Å². The van der Waals surface area contributed by atoms with Gasteiger partial charge in [0.15, 0.2) is 0 Å². The van der Waals surface area contributed by atoms with E-state index < -0.39 is 0 Å². The Morgan fingerprint density at radius 2 is 1.57 bits per heavy atom. The van der Waals surface area contributed by atoms with Crippen LogP contribution in [0, 0.1) is 0 Å². The summed E-state index contributed by atoms with van der Waals surface area (Å²) in [6.45, 7) is 7.05. The van der Waals surface area contributed by atoms with Crippen LogP contribution in [-0.4, -0.2) is 69.8 Å². The minimum atomic E-state index is 0. The van der Waals surface area contributed by atoms with E-state index in [1.165, 1.54) is 38.3 Å². The Balaban J connectivity index is 0.00000220. The molecule has 5 heteroatoms. The summed E-state index contributed by atoms with van der Waals surface area (Å²) in [4.78, 5) is 5.04. The number of benzene rings is 1. The minimum Gasteiger partial charge on any atom is -1.00 e. The van der Waals surface area contributed by atoms with Crippen molar-refractivity contribution in [1.29, 1.82) is 0 Å². The zero-order valence-corrected chi connectivity index (χ0v) is 14.3. The number of piperazine rings is 1. The van der Waals surface area contributed by atoms with Crippen molar-refractivity contribution >= 4 is 11.4 Å². The molecule has 2 rings (SSSR count). The van der Waals surface area contributed by atoms with E-state index in [-0.39, 0.29) is 12.4 Å². The van der Waals surface area contributed by atoms with E-state index >= 15 is 0 Å². The maximum atomic E-state index is 5.74. The molecule has 1 aliphatic heterocycles. The van der Waals surface area contributed by atoms with Gasteiger partial charge in [0.25, 0.3) is 0 Å². The summed E-state index contributed by atoms with van der Waals surface area (Å²) < 4.78 is 1.06. The average molecular weight is 313 g/mol. The molecule has 0 radical (unpaired) electrons. The molecular formula is C16H29ClN4. The molecule has 0 unspecified atom stereocenters. The van der Waals surface area contributed by atoms with Crippen LogP contribution in [0.4, 0.5) is 11.4 Å². The number of nitrogens with two attached hydrogens (primary N) is 1. The van der Waals surface area contributed by atoms with Crippen LogP contribution < -0.4 is 23.0 Å². The molecule has 0 spiro atoms. The van der Waals surface area contributed by atoms with Crippen LogP contribution in [0.15, 0.2) is 24.3 Å². The van der Waals surface area contributed by atoms with Crippen molar-refractivity contribution in [2.75, 3.05) is 71.0 Å². The Morgan fingerprint density at radius 3 is 2.10 bits per heavy atom. The number of rotatable bonds is 5. The van der Waals surface area contributed by atoms with Gasteiger partial charge in [-0.25, -0.2) is 0 Å². The fourth-order valence-electron chi connectivity index (χ4n) is 2.68. The number of halogens is 1. The molecule has 21 heavy (non-hydrogen) atoms. The Labute approximate surface area is 135 Å². The summed E-state index contributed by atoms with van der Waals surface area (Å²) in [6.07, 6.45) is 1.28. The van der Waals surface area contributed by atoms with Gasteiger partial charge < -0.3 is 27.5 Å². The normalized spacial score (nSPS) is 16.6. The van der Waals surface area contributed by atoms with Gasteiger partial charge in [0, 0.05) is 50.5 Å². The Morgan fingerprint density at radius 1 is 1.00 bits per heavy atom. The van der Waals surface area contributed by atoms with E-state index in [2.05, 4.69) is 43.1 Å². The van der Waals surface area contributed by atoms with Crippen LogP contribution >= 0.6 is 0 Å². The van der Waals surface area contributed by atoms with E-state index in [0.29, 0.717) is 0 Å². The second-order valence-electron chi connectivity index (χ2n) is 6.79. The highest BCUT2D eigenvalue weighted by atomic mass is 35.5. The highest BCUT2D eigenvalue weighted by Crippen LogP contribution is 2.18. The largest absolute Gasteiger partial charge is 1.00 e.